The molecule has 2 aliphatic heterocycles. The summed E-state index contributed by atoms with van der Waals surface area (Å²) in [5.41, 5.74) is 7.05. The fourth-order valence-electron chi connectivity index (χ4n) is 5.61. The molecule has 0 spiro atoms. The maximum Gasteiger partial charge on any atom is 0.410 e. The summed E-state index contributed by atoms with van der Waals surface area (Å²) in [5.74, 6) is 0.990. The molecule has 3 heterocycles. The number of fused-ring (bicyclic) bond motifs is 1. The van der Waals surface area contributed by atoms with Gasteiger partial charge in [0, 0.05) is 37.0 Å². The van der Waals surface area contributed by atoms with Crippen LogP contribution >= 0.6 is 0 Å². The van der Waals surface area contributed by atoms with Gasteiger partial charge in [-0.3, -0.25) is 10.1 Å². The number of nitro groups is 1. The number of nitro benzene ring substituents is 1. The van der Waals surface area contributed by atoms with Crippen molar-refractivity contribution in [2.24, 2.45) is 4.99 Å². The molecule has 3 unspecified atom stereocenters. The molecule has 12 heteroatoms. The molecule has 1 amide bonds. The molecule has 224 valence electrons. The van der Waals surface area contributed by atoms with Gasteiger partial charge in [0.15, 0.2) is 5.69 Å². The first-order valence-corrected chi connectivity index (χ1v) is 14.5. The van der Waals surface area contributed by atoms with Gasteiger partial charge in [-0.2, -0.15) is 9.98 Å². The Hall–Kier alpha value is -5.20. The van der Waals surface area contributed by atoms with E-state index in [0.717, 1.165) is 35.3 Å². The smallest absolute Gasteiger partial charge is 0.410 e. The molecule has 3 aromatic carbocycles. The van der Waals surface area contributed by atoms with Crippen molar-refractivity contribution >= 4 is 41.3 Å². The van der Waals surface area contributed by atoms with E-state index in [1.165, 1.54) is 6.07 Å². The van der Waals surface area contributed by atoms with Crippen LogP contribution in [-0.4, -0.2) is 51.4 Å². The number of likely N-dealkylation sites (tertiary alicyclic amines) is 1. The van der Waals surface area contributed by atoms with E-state index >= 15 is 0 Å². The van der Waals surface area contributed by atoms with Crippen molar-refractivity contribution in [1.29, 1.82) is 0 Å². The SMILES string of the molecule is CC(Nc1nccc([N+]2(NCC3CCCN3C(=O)OCc3ccccc3)C=Nc3ccccc32)n1)c1cccc([N+](=O)[O-])c1. The number of aromatic nitrogens is 2. The molecule has 0 saturated carbocycles. The number of rotatable bonds is 10. The second-order valence-electron chi connectivity index (χ2n) is 10.8. The molecule has 2 aliphatic rings. The Labute approximate surface area is 254 Å². The van der Waals surface area contributed by atoms with E-state index in [1.54, 1.807) is 29.6 Å². The van der Waals surface area contributed by atoms with Crippen molar-refractivity contribution in [1.82, 2.24) is 24.9 Å². The van der Waals surface area contributed by atoms with Gasteiger partial charge >= 0.3 is 6.09 Å². The van der Waals surface area contributed by atoms with Crippen molar-refractivity contribution in [2.45, 2.75) is 38.5 Å². The molecule has 0 radical (unpaired) electrons. The molecule has 12 nitrogen and oxygen atoms in total. The maximum atomic E-state index is 13.1. The third kappa shape index (κ3) is 5.98. The van der Waals surface area contributed by atoms with E-state index in [4.69, 9.17) is 14.7 Å². The highest BCUT2D eigenvalue weighted by Crippen LogP contribution is 2.42. The number of ether oxygens (including phenoxy) is 1. The second-order valence-corrected chi connectivity index (χ2v) is 10.8. The number of para-hydroxylation sites is 2. The lowest BCUT2D eigenvalue weighted by atomic mass is 10.1. The van der Waals surface area contributed by atoms with Crippen LogP contribution in [0.5, 0.6) is 0 Å². The standard InChI is InChI=1S/C32H33N8O4/c1-23(25-11-7-12-26(19-25)39(42)43)36-31-33-17-16-30(37-31)40(22-34-28-14-5-6-15-29(28)40)35-20-27-13-8-18-38(27)32(41)44-21-24-9-3-2-4-10-24/h2-7,9-12,14-17,19,22-23,27,35H,8,13,18,20-21H2,1H3,(H,33,36,37)/q+1. The van der Waals surface area contributed by atoms with E-state index in [9.17, 15) is 14.9 Å². The zero-order valence-corrected chi connectivity index (χ0v) is 24.2. The quantitative estimate of drug-likeness (QED) is 0.127. The summed E-state index contributed by atoms with van der Waals surface area (Å²) < 4.78 is 5.68. The van der Waals surface area contributed by atoms with Crippen LogP contribution in [0.25, 0.3) is 0 Å². The van der Waals surface area contributed by atoms with Gasteiger partial charge in [0.2, 0.25) is 12.3 Å². The summed E-state index contributed by atoms with van der Waals surface area (Å²) in [6.07, 6.45) is 4.86. The number of carbonyl (C=O) groups is 1. The number of benzene rings is 3. The Morgan fingerprint density at radius 2 is 1.93 bits per heavy atom. The Balaban J connectivity index is 1.22. The molecule has 1 fully saturated rings. The van der Waals surface area contributed by atoms with Crippen molar-refractivity contribution in [3.8, 4) is 0 Å². The molecule has 1 saturated heterocycles. The topological polar surface area (TPSA) is 135 Å². The minimum atomic E-state index is -0.411. The molecule has 6 rings (SSSR count). The van der Waals surface area contributed by atoms with Crippen LogP contribution in [0.3, 0.4) is 0 Å². The predicted octanol–water partition coefficient (Wildman–Crippen LogP) is 6.18. The van der Waals surface area contributed by atoms with Crippen LogP contribution in [0.15, 0.2) is 96.1 Å². The van der Waals surface area contributed by atoms with Crippen molar-refractivity contribution in [3.63, 3.8) is 0 Å². The Morgan fingerprint density at radius 3 is 2.77 bits per heavy atom. The summed E-state index contributed by atoms with van der Waals surface area (Å²) in [6, 6.07) is 25.4. The Bertz CT molecular complexity index is 1680. The summed E-state index contributed by atoms with van der Waals surface area (Å²) >= 11 is 0. The minimum absolute atomic E-state index is 0.0225. The number of non-ortho nitro benzene ring substituents is 1. The highest BCUT2D eigenvalue weighted by Gasteiger charge is 2.43. The molecule has 44 heavy (non-hydrogen) atoms. The first kappa shape index (κ1) is 28.9. The third-order valence-electron chi connectivity index (χ3n) is 7.95. The average molecular weight is 594 g/mol. The zero-order valence-electron chi connectivity index (χ0n) is 24.2. The first-order chi connectivity index (χ1) is 21.4. The maximum absolute atomic E-state index is 13.1. The van der Waals surface area contributed by atoms with E-state index in [1.807, 2.05) is 73.7 Å². The van der Waals surface area contributed by atoms with Gasteiger partial charge in [-0.15, -0.1) is 10.0 Å². The lowest BCUT2D eigenvalue weighted by Crippen LogP contribution is -2.57. The number of hydrogen-bond donors (Lipinski definition) is 2. The van der Waals surface area contributed by atoms with Crippen LogP contribution in [0.1, 0.15) is 36.9 Å². The highest BCUT2D eigenvalue weighted by molar-refractivity contribution is 5.93. The van der Waals surface area contributed by atoms with Gasteiger partial charge in [0.25, 0.3) is 11.5 Å². The van der Waals surface area contributed by atoms with Crippen molar-refractivity contribution in [2.75, 3.05) is 18.4 Å². The molecular formula is C32H33N8O4+. The fraction of sp³-hybridized carbons (Fsp3) is 0.250. The number of carbonyl (C=O) groups excluding carboxylic acids is 1. The number of hydrogen-bond acceptors (Lipinski definition) is 9. The Kier molecular flexibility index (Phi) is 8.26. The molecular weight excluding hydrogens is 560 g/mol. The molecule has 1 aromatic heterocycles. The number of anilines is 1. The normalized spacial score (nSPS) is 19.4. The number of nitrogens with one attached hydrogen (secondary N) is 2. The number of aliphatic imine (C=N–C) groups is 1. The van der Waals surface area contributed by atoms with Crippen LogP contribution in [0, 0.1) is 10.1 Å². The summed E-state index contributed by atoms with van der Waals surface area (Å²) in [4.78, 5) is 39.7. The Morgan fingerprint density at radius 1 is 1.11 bits per heavy atom. The van der Waals surface area contributed by atoms with Gasteiger partial charge in [-0.05, 0) is 37.0 Å². The van der Waals surface area contributed by atoms with Crippen LogP contribution < -0.4 is 15.3 Å². The molecule has 2 N–H and O–H groups in total. The largest absolute Gasteiger partial charge is 0.445 e. The molecule has 4 aromatic rings. The molecule has 0 aliphatic carbocycles. The second kappa shape index (κ2) is 12.6. The van der Waals surface area contributed by atoms with Crippen molar-refractivity contribution < 1.29 is 14.5 Å². The zero-order chi connectivity index (χ0) is 30.5. The molecule has 0 bridgehead atoms. The van der Waals surface area contributed by atoms with Gasteiger partial charge in [-0.25, -0.2) is 9.78 Å². The minimum Gasteiger partial charge on any atom is -0.445 e. The average Bonchev–Trinajstić information content (AvgIpc) is 3.69. The van der Waals surface area contributed by atoms with Crippen LogP contribution in [0.2, 0.25) is 0 Å². The van der Waals surface area contributed by atoms with E-state index in [-0.39, 0.29) is 35.1 Å². The van der Waals surface area contributed by atoms with Gasteiger partial charge in [0.05, 0.1) is 23.6 Å². The number of nitrogens with zero attached hydrogens (tertiary/aromatic N) is 6. The van der Waals surface area contributed by atoms with Gasteiger partial charge < -0.3 is 15.0 Å². The fourth-order valence-corrected chi connectivity index (χ4v) is 5.61. The predicted molar refractivity (Wildman–Crippen MR) is 168 cm³/mol. The lowest BCUT2D eigenvalue weighted by molar-refractivity contribution is -0.384. The summed E-state index contributed by atoms with van der Waals surface area (Å²) in [6.45, 7) is 3.22. The highest BCUT2D eigenvalue weighted by atomic mass is 16.6. The number of amides is 1. The summed E-state index contributed by atoms with van der Waals surface area (Å²) in [5, 5.41) is 14.6. The van der Waals surface area contributed by atoms with Gasteiger partial charge in [-0.1, -0.05) is 54.6 Å². The lowest BCUT2D eigenvalue weighted by Gasteiger charge is -2.32. The van der Waals surface area contributed by atoms with E-state index in [2.05, 4.69) is 15.7 Å². The first-order valence-electron chi connectivity index (χ1n) is 14.5. The van der Waals surface area contributed by atoms with E-state index < -0.39 is 4.92 Å². The van der Waals surface area contributed by atoms with E-state index in [0.29, 0.717) is 24.9 Å². The monoisotopic (exact) mass is 593 g/mol. The molecule has 3 atom stereocenters. The van der Waals surface area contributed by atoms with Crippen LogP contribution in [-0.2, 0) is 11.3 Å². The van der Waals surface area contributed by atoms with Crippen LogP contribution in [0.4, 0.5) is 33.6 Å². The third-order valence-corrected chi connectivity index (χ3v) is 7.95. The van der Waals surface area contributed by atoms with Gasteiger partial charge in [0.1, 0.15) is 12.3 Å². The van der Waals surface area contributed by atoms with Crippen molar-refractivity contribution in [3.05, 3.63) is 112 Å². The summed E-state index contributed by atoms with van der Waals surface area (Å²) in [7, 11) is 0. The number of quaternary nitrogens is 1.